The van der Waals surface area contributed by atoms with Crippen LogP contribution in [-0.4, -0.2) is 35.2 Å². The third-order valence-electron chi connectivity index (χ3n) is 3.71. The fourth-order valence-corrected chi connectivity index (χ4v) is 2.00. The van der Waals surface area contributed by atoms with Crippen LogP contribution in [0.15, 0.2) is 0 Å². The summed E-state index contributed by atoms with van der Waals surface area (Å²) in [6.45, 7) is 6.61. The molecule has 0 aromatic carbocycles. The molecule has 0 saturated carbocycles. The van der Waals surface area contributed by atoms with E-state index in [1.165, 1.54) is 0 Å². The number of likely N-dealkylation sites (tertiary alicyclic amines) is 1. The summed E-state index contributed by atoms with van der Waals surface area (Å²) in [5.41, 5.74) is -1.48. The molecule has 0 radical (unpaired) electrons. The van der Waals surface area contributed by atoms with E-state index in [9.17, 15) is 5.11 Å². The van der Waals surface area contributed by atoms with E-state index in [4.69, 9.17) is 5.26 Å². The quantitative estimate of drug-likeness (QED) is 0.689. The van der Waals surface area contributed by atoms with Crippen molar-refractivity contribution in [2.45, 2.75) is 45.3 Å². The van der Waals surface area contributed by atoms with Gasteiger partial charge in [-0.2, -0.15) is 5.26 Å². The van der Waals surface area contributed by atoms with E-state index in [-0.39, 0.29) is 0 Å². The van der Waals surface area contributed by atoms with Gasteiger partial charge in [0.25, 0.3) is 0 Å². The van der Waals surface area contributed by atoms with Crippen molar-refractivity contribution in [3.05, 3.63) is 0 Å². The minimum absolute atomic E-state index is 0.348. The van der Waals surface area contributed by atoms with E-state index in [0.717, 1.165) is 6.54 Å². The van der Waals surface area contributed by atoms with Gasteiger partial charge in [-0.05, 0) is 40.7 Å². The first-order valence-electron chi connectivity index (χ1n) is 5.16. The SMILES string of the molecule is CC1CC(O)(C(C)(C)C#N)CCN1C. The van der Waals surface area contributed by atoms with Crippen LogP contribution < -0.4 is 0 Å². The van der Waals surface area contributed by atoms with E-state index >= 15 is 0 Å². The zero-order chi connectivity index (χ0) is 11.0. The fourth-order valence-electron chi connectivity index (χ4n) is 2.00. The van der Waals surface area contributed by atoms with Crippen LogP contribution in [0.25, 0.3) is 0 Å². The van der Waals surface area contributed by atoms with Crippen molar-refractivity contribution in [1.29, 1.82) is 5.26 Å². The molecule has 0 spiro atoms. The molecule has 3 nitrogen and oxygen atoms in total. The molecule has 1 saturated heterocycles. The predicted molar refractivity (Wildman–Crippen MR) is 55.7 cm³/mol. The third kappa shape index (κ3) is 1.77. The average molecular weight is 196 g/mol. The van der Waals surface area contributed by atoms with Gasteiger partial charge in [-0.3, -0.25) is 0 Å². The summed E-state index contributed by atoms with van der Waals surface area (Å²) >= 11 is 0. The predicted octanol–water partition coefficient (Wildman–Crippen LogP) is 1.38. The van der Waals surface area contributed by atoms with Gasteiger partial charge in [0.1, 0.15) is 0 Å². The Morgan fingerprint density at radius 1 is 1.57 bits per heavy atom. The lowest BCUT2D eigenvalue weighted by atomic mass is 9.69. The highest BCUT2D eigenvalue weighted by molar-refractivity contribution is 5.09. The minimum atomic E-state index is -0.826. The van der Waals surface area contributed by atoms with Crippen molar-refractivity contribution in [3.63, 3.8) is 0 Å². The number of rotatable bonds is 1. The molecule has 1 aliphatic rings. The number of nitriles is 1. The second-order valence-electron chi connectivity index (χ2n) is 5.05. The lowest BCUT2D eigenvalue weighted by molar-refractivity contribution is -0.0947. The first-order chi connectivity index (χ1) is 6.32. The molecule has 0 amide bonds. The van der Waals surface area contributed by atoms with Crippen molar-refractivity contribution in [2.24, 2.45) is 5.41 Å². The van der Waals surface area contributed by atoms with Gasteiger partial charge in [0.05, 0.1) is 17.1 Å². The Morgan fingerprint density at radius 2 is 2.14 bits per heavy atom. The maximum atomic E-state index is 10.4. The van der Waals surface area contributed by atoms with Crippen molar-refractivity contribution in [1.82, 2.24) is 4.90 Å². The zero-order valence-corrected chi connectivity index (χ0v) is 9.54. The molecule has 1 rings (SSSR count). The van der Waals surface area contributed by atoms with Crippen LogP contribution in [0, 0.1) is 16.7 Å². The molecule has 14 heavy (non-hydrogen) atoms. The van der Waals surface area contributed by atoms with E-state index in [0.29, 0.717) is 18.9 Å². The van der Waals surface area contributed by atoms with Gasteiger partial charge in [0.2, 0.25) is 0 Å². The summed E-state index contributed by atoms with van der Waals surface area (Å²) < 4.78 is 0. The average Bonchev–Trinajstić information content (AvgIpc) is 2.12. The first-order valence-corrected chi connectivity index (χ1v) is 5.16. The maximum Gasteiger partial charge on any atom is 0.0854 e. The first kappa shape index (κ1) is 11.5. The van der Waals surface area contributed by atoms with Crippen LogP contribution in [0.1, 0.15) is 33.6 Å². The molecule has 1 N–H and O–H groups in total. The molecule has 1 aliphatic heterocycles. The summed E-state index contributed by atoms with van der Waals surface area (Å²) in [6.07, 6.45) is 1.37. The standard InChI is InChI=1S/C11H20N2O/c1-9-7-11(14,5-6-13(9)4)10(2,3)8-12/h9,14H,5-7H2,1-4H3. The van der Waals surface area contributed by atoms with Crippen LogP contribution in [0.2, 0.25) is 0 Å². The van der Waals surface area contributed by atoms with Crippen molar-refractivity contribution in [3.8, 4) is 6.07 Å². The Kier molecular flexibility index (Phi) is 2.89. The number of hydrogen-bond donors (Lipinski definition) is 1. The van der Waals surface area contributed by atoms with E-state index in [1.807, 2.05) is 13.8 Å². The zero-order valence-electron chi connectivity index (χ0n) is 9.54. The van der Waals surface area contributed by atoms with E-state index in [2.05, 4.69) is 24.9 Å². The normalized spacial score (nSPS) is 35.3. The molecule has 2 unspecified atom stereocenters. The smallest absolute Gasteiger partial charge is 0.0854 e. The van der Waals surface area contributed by atoms with Gasteiger partial charge in [-0.15, -0.1) is 0 Å². The second-order valence-corrected chi connectivity index (χ2v) is 5.05. The van der Waals surface area contributed by atoms with Crippen molar-refractivity contribution >= 4 is 0 Å². The van der Waals surface area contributed by atoms with Crippen LogP contribution in [-0.2, 0) is 0 Å². The Bertz CT molecular complexity index is 257. The monoisotopic (exact) mass is 196 g/mol. The van der Waals surface area contributed by atoms with Gasteiger partial charge >= 0.3 is 0 Å². The van der Waals surface area contributed by atoms with E-state index in [1.54, 1.807) is 0 Å². The summed E-state index contributed by atoms with van der Waals surface area (Å²) in [6, 6.07) is 2.57. The van der Waals surface area contributed by atoms with Gasteiger partial charge in [0.15, 0.2) is 0 Å². The lowest BCUT2D eigenvalue weighted by Gasteiger charge is -2.46. The molecule has 0 aliphatic carbocycles. The molecular weight excluding hydrogens is 176 g/mol. The number of aliphatic hydroxyl groups is 1. The lowest BCUT2D eigenvalue weighted by Crippen LogP contribution is -2.54. The Labute approximate surface area is 86.3 Å². The number of piperidine rings is 1. The van der Waals surface area contributed by atoms with Crippen LogP contribution in [0.5, 0.6) is 0 Å². The summed E-state index contributed by atoms with van der Waals surface area (Å²) in [5, 5.41) is 19.5. The number of hydrogen-bond acceptors (Lipinski definition) is 3. The maximum absolute atomic E-state index is 10.4. The molecule has 0 bridgehead atoms. The third-order valence-corrected chi connectivity index (χ3v) is 3.71. The van der Waals surface area contributed by atoms with Gasteiger partial charge in [-0.25, -0.2) is 0 Å². The van der Waals surface area contributed by atoms with Crippen LogP contribution >= 0.6 is 0 Å². The molecule has 3 heteroatoms. The molecule has 1 heterocycles. The molecular formula is C11H20N2O. The minimum Gasteiger partial charge on any atom is -0.388 e. The Hall–Kier alpha value is -0.590. The topological polar surface area (TPSA) is 47.3 Å². The molecule has 0 aromatic rings. The molecule has 1 fully saturated rings. The highest BCUT2D eigenvalue weighted by Gasteiger charge is 2.47. The highest BCUT2D eigenvalue weighted by atomic mass is 16.3. The fraction of sp³-hybridized carbons (Fsp3) is 0.909. The Morgan fingerprint density at radius 3 is 2.57 bits per heavy atom. The van der Waals surface area contributed by atoms with Gasteiger partial charge in [0, 0.05) is 12.6 Å². The molecule has 80 valence electrons. The van der Waals surface area contributed by atoms with Crippen molar-refractivity contribution in [2.75, 3.05) is 13.6 Å². The largest absolute Gasteiger partial charge is 0.388 e. The summed E-state index contributed by atoms with van der Waals surface area (Å²) in [7, 11) is 2.06. The number of nitrogens with zero attached hydrogens (tertiary/aromatic N) is 2. The van der Waals surface area contributed by atoms with Crippen LogP contribution in [0.3, 0.4) is 0 Å². The summed E-state index contributed by atoms with van der Waals surface area (Å²) in [5.74, 6) is 0. The van der Waals surface area contributed by atoms with Gasteiger partial charge < -0.3 is 10.0 Å². The summed E-state index contributed by atoms with van der Waals surface area (Å²) in [4.78, 5) is 2.22. The highest BCUT2D eigenvalue weighted by Crippen LogP contribution is 2.40. The van der Waals surface area contributed by atoms with Gasteiger partial charge in [-0.1, -0.05) is 0 Å². The molecule has 2 atom stereocenters. The van der Waals surface area contributed by atoms with Crippen molar-refractivity contribution < 1.29 is 5.11 Å². The second kappa shape index (κ2) is 3.52. The van der Waals surface area contributed by atoms with Crippen LogP contribution in [0.4, 0.5) is 0 Å². The van der Waals surface area contributed by atoms with E-state index < -0.39 is 11.0 Å². The Balaban J connectivity index is 2.83. The molecule has 0 aromatic heterocycles.